The molecule has 1 aromatic heterocycles. The standard InChI is InChI=1S/C9H8F3NO2/c1-2-15-9(14)6-3-5(7(10)11)4-13-8(6)12/h3-4,7H,2H2,1H3. The predicted octanol–water partition coefficient (Wildman–Crippen LogP) is 2.33. The largest absolute Gasteiger partial charge is 0.462 e. The van der Waals surface area contributed by atoms with E-state index in [1.165, 1.54) is 6.92 Å². The van der Waals surface area contributed by atoms with Gasteiger partial charge in [0.05, 0.1) is 6.61 Å². The lowest BCUT2D eigenvalue weighted by Crippen LogP contribution is -2.09. The summed E-state index contributed by atoms with van der Waals surface area (Å²) in [5.74, 6) is -2.11. The highest BCUT2D eigenvalue weighted by Crippen LogP contribution is 2.20. The molecular weight excluding hydrogens is 211 g/mol. The second kappa shape index (κ2) is 4.77. The van der Waals surface area contributed by atoms with Gasteiger partial charge in [0.1, 0.15) is 5.56 Å². The van der Waals surface area contributed by atoms with Crippen molar-refractivity contribution >= 4 is 5.97 Å². The maximum absolute atomic E-state index is 12.9. The van der Waals surface area contributed by atoms with Crippen LogP contribution in [0.15, 0.2) is 12.3 Å². The Kier molecular flexibility index (Phi) is 3.65. The van der Waals surface area contributed by atoms with Crippen molar-refractivity contribution in [2.24, 2.45) is 0 Å². The van der Waals surface area contributed by atoms with Crippen LogP contribution in [0.5, 0.6) is 0 Å². The second-order valence-electron chi connectivity index (χ2n) is 2.63. The van der Waals surface area contributed by atoms with Crippen LogP contribution in [0.3, 0.4) is 0 Å². The molecule has 0 aliphatic heterocycles. The van der Waals surface area contributed by atoms with Gasteiger partial charge in [0, 0.05) is 11.8 Å². The number of halogens is 3. The average molecular weight is 219 g/mol. The highest BCUT2D eigenvalue weighted by Gasteiger charge is 2.17. The van der Waals surface area contributed by atoms with Gasteiger partial charge in [-0.3, -0.25) is 0 Å². The minimum atomic E-state index is -2.80. The zero-order chi connectivity index (χ0) is 11.4. The lowest BCUT2D eigenvalue weighted by Gasteiger charge is -2.04. The number of alkyl halides is 2. The highest BCUT2D eigenvalue weighted by molar-refractivity contribution is 5.89. The van der Waals surface area contributed by atoms with Gasteiger partial charge < -0.3 is 4.74 Å². The Balaban J connectivity index is 3.05. The number of ether oxygens (including phenoxy) is 1. The third kappa shape index (κ3) is 2.68. The van der Waals surface area contributed by atoms with Crippen molar-refractivity contribution in [2.45, 2.75) is 13.3 Å². The number of nitrogens with zero attached hydrogens (tertiary/aromatic N) is 1. The molecule has 0 unspecified atom stereocenters. The predicted molar refractivity (Wildman–Crippen MR) is 45.1 cm³/mol. The maximum atomic E-state index is 12.9. The summed E-state index contributed by atoms with van der Waals surface area (Å²) in [6.07, 6.45) is -2.12. The number of rotatable bonds is 3. The van der Waals surface area contributed by atoms with E-state index in [0.29, 0.717) is 6.20 Å². The summed E-state index contributed by atoms with van der Waals surface area (Å²) in [7, 11) is 0. The van der Waals surface area contributed by atoms with Gasteiger partial charge in [-0.1, -0.05) is 0 Å². The van der Waals surface area contributed by atoms with Crippen molar-refractivity contribution in [3.8, 4) is 0 Å². The number of hydrogen-bond acceptors (Lipinski definition) is 3. The van der Waals surface area contributed by atoms with Gasteiger partial charge in [-0.15, -0.1) is 0 Å². The van der Waals surface area contributed by atoms with Crippen molar-refractivity contribution in [1.29, 1.82) is 0 Å². The van der Waals surface area contributed by atoms with Crippen LogP contribution >= 0.6 is 0 Å². The minimum Gasteiger partial charge on any atom is -0.462 e. The van der Waals surface area contributed by atoms with E-state index in [4.69, 9.17) is 0 Å². The molecule has 1 aromatic rings. The van der Waals surface area contributed by atoms with Crippen molar-refractivity contribution in [1.82, 2.24) is 4.98 Å². The Morgan fingerprint density at radius 1 is 1.60 bits per heavy atom. The van der Waals surface area contributed by atoms with E-state index in [1.54, 1.807) is 0 Å². The molecule has 0 spiro atoms. The van der Waals surface area contributed by atoms with Gasteiger partial charge in [-0.05, 0) is 13.0 Å². The first kappa shape index (κ1) is 11.5. The van der Waals surface area contributed by atoms with E-state index in [9.17, 15) is 18.0 Å². The number of pyridine rings is 1. The first-order chi connectivity index (χ1) is 7.06. The van der Waals surface area contributed by atoms with Gasteiger partial charge >= 0.3 is 5.97 Å². The third-order valence-electron chi connectivity index (χ3n) is 1.61. The van der Waals surface area contributed by atoms with E-state index < -0.39 is 29.5 Å². The summed E-state index contributed by atoms with van der Waals surface area (Å²) in [6, 6.07) is 0.741. The average Bonchev–Trinajstić information content (AvgIpc) is 2.18. The van der Waals surface area contributed by atoms with E-state index in [-0.39, 0.29) is 6.61 Å². The Labute approximate surface area is 83.9 Å². The van der Waals surface area contributed by atoms with Gasteiger partial charge in [0.2, 0.25) is 5.95 Å². The molecule has 6 heteroatoms. The van der Waals surface area contributed by atoms with Crippen molar-refractivity contribution in [3.05, 3.63) is 29.3 Å². The zero-order valence-electron chi connectivity index (χ0n) is 7.84. The number of hydrogen-bond donors (Lipinski definition) is 0. The molecule has 0 aliphatic carbocycles. The summed E-state index contributed by atoms with van der Waals surface area (Å²) in [4.78, 5) is 14.1. The molecule has 0 saturated heterocycles. The molecule has 0 fully saturated rings. The normalized spacial score (nSPS) is 10.5. The summed E-state index contributed by atoms with van der Waals surface area (Å²) < 4.78 is 41.9. The smallest absolute Gasteiger partial charge is 0.342 e. The third-order valence-corrected chi connectivity index (χ3v) is 1.61. The van der Waals surface area contributed by atoms with E-state index in [2.05, 4.69) is 9.72 Å². The summed E-state index contributed by atoms with van der Waals surface area (Å²) >= 11 is 0. The van der Waals surface area contributed by atoms with Gasteiger partial charge in [-0.25, -0.2) is 18.6 Å². The lowest BCUT2D eigenvalue weighted by atomic mass is 10.2. The molecule has 0 aliphatic rings. The van der Waals surface area contributed by atoms with Crippen molar-refractivity contribution < 1.29 is 22.7 Å². The van der Waals surface area contributed by atoms with Crippen molar-refractivity contribution in [2.75, 3.05) is 6.61 Å². The Morgan fingerprint density at radius 2 is 2.27 bits per heavy atom. The van der Waals surface area contributed by atoms with Crippen molar-refractivity contribution in [3.63, 3.8) is 0 Å². The van der Waals surface area contributed by atoms with Crippen LogP contribution < -0.4 is 0 Å². The monoisotopic (exact) mass is 219 g/mol. The first-order valence-electron chi connectivity index (χ1n) is 4.17. The molecule has 1 rings (SSSR count). The van der Waals surface area contributed by atoms with Crippen LogP contribution in [-0.2, 0) is 4.74 Å². The Bertz CT molecular complexity index is 368. The molecule has 0 saturated carbocycles. The zero-order valence-corrected chi connectivity index (χ0v) is 7.84. The Hall–Kier alpha value is -1.59. The molecule has 15 heavy (non-hydrogen) atoms. The molecule has 0 N–H and O–H groups in total. The molecule has 0 radical (unpaired) electrons. The van der Waals surface area contributed by atoms with Crippen LogP contribution in [0.2, 0.25) is 0 Å². The van der Waals surface area contributed by atoms with E-state index >= 15 is 0 Å². The number of aromatic nitrogens is 1. The molecule has 0 atom stereocenters. The topological polar surface area (TPSA) is 39.2 Å². The van der Waals surface area contributed by atoms with Gasteiger partial charge in [0.15, 0.2) is 0 Å². The fourth-order valence-electron chi connectivity index (χ4n) is 0.936. The SMILES string of the molecule is CCOC(=O)c1cc(C(F)F)cnc1F. The fraction of sp³-hybridized carbons (Fsp3) is 0.333. The quantitative estimate of drug-likeness (QED) is 0.578. The maximum Gasteiger partial charge on any atom is 0.342 e. The van der Waals surface area contributed by atoms with Gasteiger partial charge in [0.25, 0.3) is 6.43 Å². The number of esters is 1. The van der Waals surface area contributed by atoms with E-state index in [1.807, 2.05) is 0 Å². The molecule has 0 aromatic carbocycles. The molecule has 1 heterocycles. The van der Waals surface area contributed by atoms with Crippen LogP contribution in [0.1, 0.15) is 29.3 Å². The first-order valence-corrected chi connectivity index (χ1v) is 4.17. The van der Waals surface area contributed by atoms with E-state index in [0.717, 1.165) is 6.07 Å². The molecular formula is C9H8F3NO2. The molecule has 82 valence electrons. The minimum absolute atomic E-state index is 0.0389. The summed E-state index contributed by atoms with van der Waals surface area (Å²) in [5, 5.41) is 0. The fourth-order valence-corrected chi connectivity index (χ4v) is 0.936. The number of carbonyl (C=O) groups is 1. The lowest BCUT2D eigenvalue weighted by molar-refractivity contribution is 0.0519. The summed E-state index contributed by atoms with van der Waals surface area (Å²) in [5.41, 5.74) is -1.09. The van der Waals surface area contributed by atoms with Crippen LogP contribution in [0.4, 0.5) is 13.2 Å². The van der Waals surface area contributed by atoms with Crippen LogP contribution in [-0.4, -0.2) is 17.6 Å². The number of carbonyl (C=O) groups excluding carboxylic acids is 1. The van der Waals surface area contributed by atoms with Crippen LogP contribution in [0, 0.1) is 5.95 Å². The molecule has 0 bridgehead atoms. The second-order valence-corrected chi connectivity index (χ2v) is 2.63. The summed E-state index contributed by atoms with van der Waals surface area (Å²) in [6.45, 7) is 1.57. The highest BCUT2D eigenvalue weighted by atomic mass is 19.3. The molecule has 3 nitrogen and oxygen atoms in total. The molecule has 0 amide bonds. The Morgan fingerprint density at radius 3 is 2.80 bits per heavy atom. The van der Waals surface area contributed by atoms with Gasteiger partial charge in [-0.2, -0.15) is 4.39 Å². The van der Waals surface area contributed by atoms with Crippen LogP contribution in [0.25, 0.3) is 0 Å².